The fourth-order valence-corrected chi connectivity index (χ4v) is 3.87. The molecule has 177 valence electrons. The smallest absolute Gasteiger partial charge is 0.0773 e. The Hall–Kier alpha value is -3.98. The molecule has 3 nitrogen and oxygen atoms in total. The van der Waals surface area contributed by atoms with E-state index in [0.717, 1.165) is 44.9 Å². The quantitative estimate of drug-likeness (QED) is 0.187. The first-order valence-electron chi connectivity index (χ1n) is 11.5. The SMILES string of the molecule is Cc1cccc(-c2[c-]cccc2)n1.[Ir].[c-]1ccccc1-c1cc(-c2nccc3ccccc23)ccn1. The number of benzene rings is 3. The van der Waals surface area contributed by atoms with Gasteiger partial charge in [0.25, 0.3) is 0 Å². The largest absolute Gasteiger partial charge is 0.305 e. The third-order valence-corrected chi connectivity index (χ3v) is 5.57. The first kappa shape index (κ1) is 25.1. The maximum atomic E-state index is 4.57. The van der Waals surface area contributed by atoms with Crippen LogP contribution in [0.4, 0.5) is 0 Å². The van der Waals surface area contributed by atoms with E-state index in [1.807, 2.05) is 110 Å². The summed E-state index contributed by atoms with van der Waals surface area (Å²) in [6.45, 7) is 1.99. The summed E-state index contributed by atoms with van der Waals surface area (Å²) in [5, 5.41) is 2.34. The van der Waals surface area contributed by atoms with Crippen LogP contribution < -0.4 is 0 Å². The van der Waals surface area contributed by atoms with Gasteiger partial charge in [-0.3, -0.25) is 4.98 Å². The molecule has 0 aliphatic rings. The van der Waals surface area contributed by atoms with E-state index in [4.69, 9.17) is 0 Å². The van der Waals surface area contributed by atoms with E-state index in [0.29, 0.717) is 0 Å². The fourth-order valence-electron chi connectivity index (χ4n) is 3.87. The molecule has 6 rings (SSSR count). The zero-order valence-corrected chi connectivity index (χ0v) is 22.1. The van der Waals surface area contributed by atoms with Crippen molar-refractivity contribution in [1.82, 2.24) is 15.0 Å². The van der Waals surface area contributed by atoms with Crippen LogP contribution in [0.3, 0.4) is 0 Å². The van der Waals surface area contributed by atoms with Gasteiger partial charge in [-0.2, -0.15) is 0 Å². The van der Waals surface area contributed by atoms with Crippen molar-refractivity contribution in [3.63, 3.8) is 0 Å². The Morgan fingerprint density at radius 1 is 0.611 bits per heavy atom. The van der Waals surface area contributed by atoms with Crippen LogP contribution in [-0.2, 0) is 20.1 Å². The molecule has 0 aliphatic carbocycles. The van der Waals surface area contributed by atoms with Gasteiger partial charge in [-0.05, 0) is 47.5 Å². The van der Waals surface area contributed by atoms with Gasteiger partial charge in [-0.15, -0.1) is 71.8 Å². The predicted molar refractivity (Wildman–Crippen MR) is 142 cm³/mol. The zero-order valence-electron chi connectivity index (χ0n) is 19.7. The maximum Gasteiger partial charge on any atom is 0.0773 e. The molecule has 1 radical (unpaired) electrons. The van der Waals surface area contributed by atoms with Crippen molar-refractivity contribution >= 4 is 10.8 Å². The van der Waals surface area contributed by atoms with E-state index < -0.39 is 0 Å². The number of hydrogen-bond donors (Lipinski definition) is 0. The molecule has 0 amide bonds. The molecule has 0 unspecified atom stereocenters. The summed E-state index contributed by atoms with van der Waals surface area (Å²) < 4.78 is 0. The summed E-state index contributed by atoms with van der Waals surface area (Å²) in [6, 6.07) is 42.5. The molecule has 0 atom stereocenters. The molecule has 0 fully saturated rings. The van der Waals surface area contributed by atoms with E-state index in [9.17, 15) is 0 Å². The Labute approximate surface area is 225 Å². The standard InChI is InChI=1S/C20H13N2.C12H10N.Ir/c1-2-7-16(8-3-1)19-14-17(11-12-21-19)20-18-9-5-4-6-15(18)10-13-22-20;1-10-6-5-9-12(13-10)11-7-3-2-4-8-11;/h1-7,9-14H;2-7,9H,1H3;/q2*-1;. The summed E-state index contributed by atoms with van der Waals surface area (Å²) in [6.07, 6.45) is 3.68. The van der Waals surface area contributed by atoms with Gasteiger partial charge in [-0.1, -0.05) is 42.5 Å². The van der Waals surface area contributed by atoms with Gasteiger partial charge in [0.15, 0.2) is 0 Å². The van der Waals surface area contributed by atoms with Crippen molar-refractivity contribution in [2.75, 3.05) is 0 Å². The van der Waals surface area contributed by atoms with Gasteiger partial charge in [0.05, 0.1) is 5.69 Å². The normalized spacial score (nSPS) is 10.1. The Balaban J connectivity index is 0.000000187. The number of aromatic nitrogens is 3. The Bertz CT molecular complexity index is 1550. The second kappa shape index (κ2) is 12.1. The average Bonchev–Trinajstić information content (AvgIpc) is 2.94. The van der Waals surface area contributed by atoms with E-state index in [1.54, 1.807) is 0 Å². The number of nitrogens with zero attached hydrogens (tertiary/aromatic N) is 3. The van der Waals surface area contributed by atoms with Crippen LogP contribution in [0.5, 0.6) is 0 Å². The van der Waals surface area contributed by atoms with Gasteiger partial charge in [0.2, 0.25) is 0 Å². The minimum atomic E-state index is 0. The van der Waals surface area contributed by atoms with E-state index in [-0.39, 0.29) is 20.1 Å². The summed E-state index contributed by atoms with van der Waals surface area (Å²) in [4.78, 5) is 13.4. The summed E-state index contributed by atoms with van der Waals surface area (Å²) >= 11 is 0. The molecule has 3 aromatic carbocycles. The van der Waals surface area contributed by atoms with Crippen LogP contribution in [0.1, 0.15) is 5.69 Å². The predicted octanol–water partition coefficient (Wildman–Crippen LogP) is 7.62. The van der Waals surface area contributed by atoms with Gasteiger partial charge < -0.3 is 9.97 Å². The van der Waals surface area contributed by atoms with Crippen LogP contribution in [0.25, 0.3) is 44.5 Å². The minimum absolute atomic E-state index is 0. The molecule has 4 heteroatoms. The molecule has 6 aromatic rings. The molecule has 0 aliphatic heterocycles. The van der Waals surface area contributed by atoms with Gasteiger partial charge in [0.1, 0.15) is 0 Å². The van der Waals surface area contributed by atoms with Crippen LogP contribution in [0.15, 0.2) is 122 Å². The number of aryl methyl sites for hydroxylation is 1. The van der Waals surface area contributed by atoms with Crippen LogP contribution >= 0.6 is 0 Å². The first-order chi connectivity index (χ1) is 17.3. The van der Waals surface area contributed by atoms with E-state index >= 15 is 0 Å². The summed E-state index contributed by atoms with van der Waals surface area (Å²) in [7, 11) is 0. The molecule has 0 spiro atoms. The third kappa shape index (κ3) is 5.98. The second-order valence-corrected chi connectivity index (χ2v) is 8.03. The van der Waals surface area contributed by atoms with Crippen molar-refractivity contribution < 1.29 is 20.1 Å². The van der Waals surface area contributed by atoms with Crippen molar-refractivity contribution in [3.05, 3.63) is 139 Å². The van der Waals surface area contributed by atoms with Gasteiger partial charge in [0, 0.05) is 43.6 Å². The van der Waals surface area contributed by atoms with Crippen LogP contribution in [-0.4, -0.2) is 15.0 Å². The molecule has 3 aromatic heterocycles. The molecular formula is C32H23IrN3-2. The molecule has 0 bridgehead atoms. The van der Waals surface area contributed by atoms with Crippen LogP contribution in [0, 0.1) is 19.1 Å². The molecule has 0 saturated heterocycles. The van der Waals surface area contributed by atoms with E-state index in [1.165, 1.54) is 5.39 Å². The summed E-state index contributed by atoms with van der Waals surface area (Å²) in [5.41, 5.74) is 7.02. The van der Waals surface area contributed by atoms with Gasteiger partial charge in [-0.25, -0.2) is 0 Å². The number of pyridine rings is 3. The van der Waals surface area contributed by atoms with Crippen molar-refractivity contribution in [2.45, 2.75) is 6.92 Å². The number of hydrogen-bond acceptors (Lipinski definition) is 3. The second-order valence-electron chi connectivity index (χ2n) is 8.03. The molecule has 0 saturated carbocycles. The zero-order chi connectivity index (χ0) is 23.9. The Kier molecular flexibility index (Phi) is 8.46. The third-order valence-electron chi connectivity index (χ3n) is 5.57. The van der Waals surface area contributed by atoms with Crippen LogP contribution in [0.2, 0.25) is 0 Å². The topological polar surface area (TPSA) is 38.7 Å². The molecular weight excluding hydrogens is 619 g/mol. The average molecular weight is 642 g/mol. The number of fused-ring (bicyclic) bond motifs is 1. The first-order valence-corrected chi connectivity index (χ1v) is 11.5. The van der Waals surface area contributed by atoms with Crippen molar-refractivity contribution in [1.29, 1.82) is 0 Å². The monoisotopic (exact) mass is 642 g/mol. The molecule has 3 heterocycles. The van der Waals surface area contributed by atoms with Crippen molar-refractivity contribution in [2.24, 2.45) is 0 Å². The Morgan fingerprint density at radius 2 is 1.31 bits per heavy atom. The van der Waals surface area contributed by atoms with Gasteiger partial charge >= 0.3 is 0 Å². The summed E-state index contributed by atoms with van der Waals surface area (Å²) in [5.74, 6) is 0. The molecule has 0 N–H and O–H groups in total. The van der Waals surface area contributed by atoms with E-state index in [2.05, 4.69) is 45.3 Å². The molecule has 36 heavy (non-hydrogen) atoms. The number of rotatable bonds is 3. The maximum absolute atomic E-state index is 4.57. The Morgan fingerprint density at radius 3 is 2.03 bits per heavy atom. The van der Waals surface area contributed by atoms with Crippen molar-refractivity contribution in [3.8, 4) is 33.8 Å². The minimum Gasteiger partial charge on any atom is -0.305 e. The fraction of sp³-hybridized carbons (Fsp3) is 0.0312.